The molecule has 3 rings (SSSR count). The van der Waals surface area contributed by atoms with Gasteiger partial charge >= 0.3 is 0 Å². The molecule has 2 atom stereocenters. The average Bonchev–Trinajstić information content (AvgIpc) is 3.19. The summed E-state index contributed by atoms with van der Waals surface area (Å²) in [5.41, 5.74) is 0. The molecule has 0 unspecified atom stereocenters. The monoisotopic (exact) mass is 293 g/mol. The van der Waals surface area contributed by atoms with E-state index in [-0.39, 0.29) is 17.9 Å². The van der Waals surface area contributed by atoms with Crippen molar-refractivity contribution >= 4 is 5.91 Å². The van der Waals surface area contributed by atoms with Crippen LogP contribution in [0.3, 0.4) is 0 Å². The third-order valence-electron chi connectivity index (χ3n) is 3.84. The molecule has 1 amide bonds. The van der Waals surface area contributed by atoms with Gasteiger partial charge in [-0.1, -0.05) is 0 Å². The molecule has 0 bridgehead atoms. The maximum absolute atomic E-state index is 12.3. The molecular formula is C14H19N3O4. The summed E-state index contributed by atoms with van der Waals surface area (Å²) in [6, 6.07) is 0. The molecule has 7 heteroatoms. The second kappa shape index (κ2) is 6.26. The molecule has 1 aromatic rings. The van der Waals surface area contributed by atoms with E-state index in [1.165, 1.54) is 7.11 Å². The van der Waals surface area contributed by atoms with Gasteiger partial charge in [0.1, 0.15) is 6.10 Å². The smallest absolute Gasteiger partial charge is 0.278 e. The number of nitrogens with zero attached hydrogens (tertiary/aromatic N) is 3. The summed E-state index contributed by atoms with van der Waals surface area (Å²) >= 11 is 0. The molecule has 3 heterocycles. The van der Waals surface area contributed by atoms with E-state index in [1.54, 1.807) is 12.4 Å². The Hall–Kier alpha value is -1.89. The zero-order valence-corrected chi connectivity index (χ0v) is 12.0. The lowest BCUT2D eigenvalue weighted by atomic mass is 10.1. The van der Waals surface area contributed by atoms with Crippen molar-refractivity contribution in [3.05, 3.63) is 12.4 Å². The number of amides is 1. The number of carbonyl (C=O) groups excluding carboxylic acids is 1. The summed E-state index contributed by atoms with van der Waals surface area (Å²) in [5.74, 6) is 0.925. The third-order valence-corrected chi connectivity index (χ3v) is 3.84. The molecule has 7 nitrogen and oxygen atoms in total. The largest absolute Gasteiger partial charge is 0.477 e. The summed E-state index contributed by atoms with van der Waals surface area (Å²) < 4.78 is 16.2. The van der Waals surface area contributed by atoms with E-state index in [0.717, 1.165) is 12.8 Å². The van der Waals surface area contributed by atoms with Crippen molar-refractivity contribution in [3.63, 3.8) is 0 Å². The van der Waals surface area contributed by atoms with Gasteiger partial charge in [0.15, 0.2) is 0 Å². The third kappa shape index (κ3) is 3.07. The molecule has 0 aliphatic carbocycles. The molecule has 2 saturated heterocycles. The molecule has 2 aliphatic heterocycles. The first-order valence-electron chi connectivity index (χ1n) is 7.16. The Morgan fingerprint density at radius 1 is 1.33 bits per heavy atom. The van der Waals surface area contributed by atoms with Crippen molar-refractivity contribution in [2.75, 3.05) is 33.4 Å². The van der Waals surface area contributed by atoms with Crippen LogP contribution >= 0.6 is 0 Å². The first-order valence-corrected chi connectivity index (χ1v) is 7.16. The molecule has 2 aliphatic rings. The molecule has 0 aromatic carbocycles. The van der Waals surface area contributed by atoms with E-state index in [9.17, 15) is 4.79 Å². The lowest BCUT2D eigenvalue weighted by molar-refractivity contribution is -0.134. The summed E-state index contributed by atoms with van der Waals surface area (Å²) in [7, 11) is 1.53. The molecule has 114 valence electrons. The number of carbonyl (C=O) groups is 1. The predicted molar refractivity (Wildman–Crippen MR) is 73.1 cm³/mol. The summed E-state index contributed by atoms with van der Waals surface area (Å²) in [5, 5.41) is 0. The van der Waals surface area contributed by atoms with Gasteiger partial charge in [-0.2, -0.15) is 0 Å². The number of methoxy groups -OCH3 is 1. The highest BCUT2D eigenvalue weighted by Crippen LogP contribution is 2.25. The van der Waals surface area contributed by atoms with E-state index in [1.807, 2.05) is 4.90 Å². The Balaban J connectivity index is 1.58. The number of aromatic nitrogens is 2. The van der Waals surface area contributed by atoms with Gasteiger partial charge in [0.05, 0.1) is 26.2 Å². The predicted octanol–water partition coefficient (Wildman–Crippen LogP) is 0.501. The Morgan fingerprint density at radius 2 is 2.14 bits per heavy atom. The van der Waals surface area contributed by atoms with Crippen molar-refractivity contribution in [1.82, 2.24) is 14.9 Å². The number of hydrogen-bond donors (Lipinski definition) is 0. The van der Waals surface area contributed by atoms with E-state index in [4.69, 9.17) is 14.2 Å². The van der Waals surface area contributed by atoms with E-state index in [2.05, 4.69) is 9.97 Å². The van der Waals surface area contributed by atoms with Crippen LogP contribution in [0.5, 0.6) is 11.8 Å². The first kappa shape index (κ1) is 14.1. The SMILES string of the molecule is COc1nccnc1O[C@H]1CCN(C(=O)[C@@H]2CCOC2)C1. The van der Waals surface area contributed by atoms with E-state index >= 15 is 0 Å². The Kier molecular flexibility index (Phi) is 4.19. The second-order valence-electron chi connectivity index (χ2n) is 5.24. The van der Waals surface area contributed by atoms with Crippen LogP contribution in [0.1, 0.15) is 12.8 Å². The van der Waals surface area contributed by atoms with Gasteiger partial charge in [0.2, 0.25) is 5.91 Å². The number of rotatable bonds is 4. The molecule has 0 saturated carbocycles. The van der Waals surface area contributed by atoms with Crippen LogP contribution in [0, 0.1) is 5.92 Å². The van der Waals surface area contributed by atoms with Gasteiger partial charge in [-0.15, -0.1) is 0 Å². The van der Waals surface area contributed by atoms with Crippen LogP contribution < -0.4 is 9.47 Å². The minimum atomic E-state index is -0.0677. The average molecular weight is 293 g/mol. The van der Waals surface area contributed by atoms with Crippen LogP contribution in [0.2, 0.25) is 0 Å². The zero-order valence-electron chi connectivity index (χ0n) is 12.0. The molecule has 1 aromatic heterocycles. The molecule has 0 N–H and O–H groups in total. The van der Waals surface area contributed by atoms with Crippen LogP contribution in [0.25, 0.3) is 0 Å². The Bertz CT molecular complexity index is 505. The first-order chi connectivity index (χ1) is 10.3. The van der Waals surface area contributed by atoms with Gasteiger partial charge in [-0.25, -0.2) is 9.97 Å². The van der Waals surface area contributed by atoms with Gasteiger partial charge in [-0.3, -0.25) is 4.79 Å². The highest BCUT2D eigenvalue weighted by atomic mass is 16.5. The molecular weight excluding hydrogens is 274 g/mol. The van der Waals surface area contributed by atoms with Gasteiger partial charge in [-0.05, 0) is 6.42 Å². The second-order valence-corrected chi connectivity index (χ2v) is 5.24. The van der Waals surface area contributed by atoms with Crippen molar-refractivity contribution in [1.29, 1.82) is 0 Å². The van der Waals surface area contributed by atoms with Crippen molar-refractivity contribution in [2.45, 2.75) is 18.9 Å². The van der Waals surface area contributed by atoms with Crippen LogP contribution in [-0.2, 0) is 9.53 Å². The van der Waals surface area contributed by atoms with Crippen LogP contribution in [-0.4, -0.2) is 60.3 Å². The van der Waals surface area contributed by atoms with Gasteiger partial charge < -0.3 is 19.1 Å². The molecule has 21 heavy (non-hydrogen) atoms. The fourth-order valence-corrected chi connectivity index (χ4v) is 2.70. The maximum Gasteiger partial charge on any atom is 0.278 e. The number of likely N-dealkylation sites (tertiary alicyclic amines) is 1. The van der Waals surface area contributed by atoms with Crippen LogP contribution in [0.15, 0.2) is 12.4 Å². The topological polar surface area (TPSA) is 73.8 Å². The highest BCUT2D eigenvalue weighted by Gasteiger charge is 2.34. The van der Waals surface area contributed by atoms with Gasteiger partial charge in [0, 0.05) is 32.0 Å². The maximum atomic E-state index is 12.3. The molecule has 2 fully saturated rings. The minimum absolute atomic E-state index is 0.00908. The summed E-state index contributed by atoms with van der Waals surface area (Å²) in [6.45, 7) is 2.51. The fraction of sp³-hybridized carbons (Fsp3) is 0.643. The lowest BCUT2D eigenvalue weighted by Gasteiger charge is -2.20. The molecule has 0 spiro atoms. The standard InChI is InChI=1S/C14H19N3O4/c1-19-12-13(16-5-4-15-12)21-11-2-6-17(8-11)14(18)10-3-7-20-9-10/h4-5,10-11H,2-3,6-9H2,1H3/t10-,11+/m1/s1. The quantitative estimate of drug-likeness (QED) is 0.805. The summed E-state index contributed by atoms with van der Waals surface area (Å²) in [4.78, 5) is 22.3. The van der Waals surface area contributed by atoms with Gasteiger partial charge in [0.25, 0.3) is 11.8 Å². The van der Waals surface area contributed by atoms with Crippen molar-refractivity contribution < 1.29 is 19.0 Å². The lowest BCUT2D eigenvalue weighted by Crippen LogP contribution is -2.36. The Labute approximate surface area is 123 Å². The van der Waals surface area contributed by atoms with Crippen molar-refractivity contribution in [2.24, 2.45) is 5.92 Å². The van der Waals surface area contributed by atoms with Crippen LogP contribution in [0.4, 0.5) is 0 Å². The molecule has 0 radical (unpaired) electrons. The number of hydrogen-bond acceptors (Lipinski definition) is 6. The fourth-order valence-electron chi connectivity index (χ4n) is 2.70. The Morgan fingerprint density at radius 3 is 2.86 bits per heavy atom. The highest BCUT2D eigenvalue weighted by molar-refractivity contribution is 5.79. The zero-order chi connectivity index (χ0) is 14.7. The number of ether oxygens (including phenoxy) is 3. The van der Waals surface area contributed by atoms with E-state index < -0.39 is 0 Å². The minimum Gasteiger partial charge on any atom is -0.477 e. The van der Waals surface area contributed by atoms with Crippen molar-refractivity contribution in [3.8, 4) is 11.8 Å². The normalized spacial score (nSPS) is 25.1. The van der Waals surface area contributed by atoms with E-state index in [0.29, 0.717) is 38.1 Å². The summed E-state index contributed by atoms with van der Waals surface area (Å²) in [6.07, 6.45) is 4.65.